The fourth-order valence-corrected chi connectivity index (χ4v) is 8.51. The summed E-state index contributed by atoms with van der Waals surface area (Å²) in [6.45, 7) is -0.439. The van der Waals surface area contributed by atoms with E-state index in [2.05, 4.69) is 5.32 Å². The van der Waals surface area contributed by atoms with Crippen molar-refractivity contribution in [3.8, 4) is 5.75 Å². The van der Waals surface area contributed by atoms with Crippen LogP contribution in [0.3, 0.4) is 0 Å². The minimum absolute atomic E-state index is 0.00208. The molecular weight excluding hydrogens is 662 g/mol. The molecule has 4 aromatic rings. The van der Waals surface area contributed by atoms with E-state index in [1.807, 2.05) is 0 Å². The zero-order valence-corrected chi connectivity index (χ0v) is 25.1. The highest BCUT2D eigenvalue weighted by Crippen LogP contribution is 2.55. The van der Waals surface area contributed by atoms with E-state index in [9.17, 15) is 37.5 Å². The van der Waals surface area contributed by atoms with Crippen LogP contribution >= 0.6 is 46.3 Å². The summed E-state index contributed by atoms with van der Waals surface area (Å²) in [6.07, 6.45) is -4.71. The van der Waals surface area contributed by atoms with Crippen molar-refractivity contribution in [1.82, 2.24) is 4.57 Å². The van der Waals surface area contributed by atoms with Gasteiger partial charge in [0.05, 0.1) is 32.2 Å². The Hall–Kier alpha value is -3.78. The number of rotatable bonds is 5. The molecule has 226 valence electrons. The van der Waals surface area contributed by atoms with E-state index in [0.717, 1.165) is 46.2 Å². The molecule has 3 heterocycles. The first-order chi connectivity index (χ1) is 20.8. The zero-order chi connectivity index (χ0) is 31.5. The molecule has 1 fully saturated rings. The maximum Gasteiger partial charge on any atom is 0.416 e. The van der Waals surface area contributed by atoms with Crippen molar-refractivity contribution in [2.45, 2.75) is 28.9 Å². The minimum atomic E-state index is -4.71. The zero-order valence-electron chi connectivity index (χ0n) is 22.0. The monoisotopic (exact) mass is 679 g/mol. The normalized spacial score (nSPS) is 19.6. The summed E-state index contributed by atoms with van der Waals surface area (Å²) in [5.41, 5.74) is -0.547. The number of hydrogen-bond donors (Lipinski definition) is 2. The number of thiazole rings is 1. The van der Waals surface area contributed by atoms with Crippen LogP contribution in [0.2, 0.25) is 10.0 Å². The number of amides is 3. The maximum atomic E-state index is 14.0. The number of halogens is 5. The topological polar surface area (TPSA) is 109 Å². The quantitative estimate of drug-likeness (QED) is 0.187. The highest BCUT2D eigenvalue weighted by atomic mass is 35.5. The van der Waals surface area contributed by atoms with E-state index in [1.54, 1.807) is 12.1 Å². The molecule has 0 radical (unpaired) electrons. The van der Waals surface area contributed by atoms with Gasteiger partial charge in [0.25, 0.3) is 0 Å². The average Bonchev–Trinajstić information content (AvgIpc) is 3.41. The van der Waals surface area contributed by atoms with Gasteiger partial charge in [-0.2, -0.15) is 13.2 Å². The molecule has 1 saturated heterocycles. The molecule has 2 aliphatic heterocycles. The predicted molar refractivity (Wildman–Crippen MR) is 161 cm³/mol. The van der Waals surface area contributed by atoms with Crippen molar-refractivity contribution >= 4 is 75.4 Å². The number of phenolic OH excluding ortho intramolecular Hbond substituents is 1. The molecule has 3 aromatic carbocycles. The smallest absolute Gasteiger partial charge is 0.416 e. The molecule has 8 nitrogen and oxygen atoms in total. The number of nitrogens with zero attached hydrogens (tertiary/aromatic N) is 2. The summed E-state index contributed by atoms with van der Waals surface area (Å²) in [5, 5.41) is 11.5. The van der Waals surface area contributed by atoms with E-state index < -0.39 is 58.0 Å². The van der Waals surface area contributed by atoms with E-state index >= 15 is 0 Å². The molecule has 44 heavy (non-hydrogen) atoms. The third kappa shape index (κ3) is 5.27. The van der Waals surface area contributed by atoms with Crippen molar-refractivity contribution in [2.75, 3.05) is 10.2 Å². The fraction of sp³-hybridized carbons (Fsp3) is 0.172. The van der Waals surface area contributed by atoms with Crippen molar-refractivity contribution in [3.63, 3.8) is 0 Å². The first-order valence-corrected chi connectivity index (χ1v) is 15.3. The van der Waals surface area contributed by atoms with Crippen LogP contribution in [0.25, 0.3) is 0 Å². The Kier molecular flexibility index (Phi) is 7.77. The van der Waals surface area contributed by atoms with Gasteiger partial charge in [-0.25, -0.2) is 4.90 Å². The van der Waals surface area contributed by atoms with Gasteiger partial charge in [0, 0.05) is 16.5 Å². The number of benzene rings is 3. The molecule has 0 aliphatic carbocycles. The van der Waals surface area contributed by atoms with Gasteiger partial charge in [0.1, 0.15) is 17.5 Å². The minimum Gasteiger partial charge on any atom is -0.508 e. The lowest BCUT2D eigenvalue weighted by Gasteiger charge is -2.31. The van der Waals surface area contributed by atoms with Crippen LogP contribution < -0.4 is 15.1 Å². The Bertz CT molecular complexity index is 1890. The lowest BCUT2D eigenvalue weighted by molar-refractivity contribution is -0.137. The van der Waals surface area contributed by atoms with Gasteiger partial charge in [0.15, 0.2) is 0 Å². The average molecular weight is 681 g/mol. The number of thioether (sulfide) groups is 1. The number of anilines is 2. The summed E-state index contributed by atoms with van der Waals surface area (Å²) in [6, 6.07) is 14.4. The standard InChI is InChI=1S/C29H18Cl2F3N3O5S2/c30-18-6-2-5-17(22(18)31)20-21-23(26(41)37(25(21)40)15-4-1-3-13(11-15)29(32,33)34)43-27-24(20)44-28(42)36(27)12-19(39)35-14-7-9-16(38)10-8-14/h1-11,20-21,23,38H,12H2,(H,35,39)/t20-,21-,23+/m0/s1. The second kappa shape index (κ2) is 11.3. The van der Waals surface area contributed by atoms with Crippen LogP contribution in [-0.2, 0) is 27.1 Å². The van der Waals surface area contributed by atoms with Crippen LogP contribution in [0.1, 0.15) is 21.9 Å². The molecule has 3 atom stereocenters. The molecule has 2 aliphatic rings. The number of fused-ring (bicyclic) bond motifs is 2. The van der Waals surface area contributed by atoms with Crippen LogP contribution in [-0.4, -0.2) is 32.6 Å². The van der Waals surface area contributed by atoms with E-state index in [1.165, 1.54) is 41.0 Å². The number of carbonyl (C=O) groups is 3. The second-order valence-corrected chi connectivity index (χ2v) is 12.9. The highest BCUT2D eigenvalue weighted by Gasteiger charge is 2.57. The Labute approximate surface area is 265 Å². The molecular formula is C29H18Cl2F3N3O5S2. The maximum absolute atomic E-state index is 14.0. The van der Waals surface area contributed by atoms with E-state index in [-0.39, 0.29) is 26.5 Å². The third-order valence-electron chi connectivity index (χ3n) is 7.25. The Balaban J connectivity index is 1.43. The Morgan fingerprint density at radius 2 is 1.68 bits per heavy atom. The second-order valence-electron chi connectivity index (χ2n) is 9.96. The number of nitrogens with one attached hydrogen (secondary N) is 1. The molecule has 15 heteroatoms. The molecule has 1 aromatic heterocycles. The largest absolute Gasteiger partial charge is 0.508 e. The highest BCUT2D eigenvalue weighted by molar-refractivity contribution is 8.00. The number of imide groups is 1. The summed E-state index contributed by atoms with van der Waals surface area (Å²) in [4.78, 5) is 54.6. The van der Waals surface area contributed by atoms with Crippen molar-refractivity contribution in [1.29, 1.82) is 0 Å². The number of aromatic hydroxyl groups is 1. The van der Waals surface area contributed by atoms with Crippen LogP contribution in [0, 0.1) is 5.92 Å². The van der Waals surface area contributed by atoms with Gasteiger partial charge in [0.2, 0.25) is 17.7 Å². The predicted octanol–water partition coefficient (Wildman–Crippen LogP) is 6.38. The third-order valence-corrected chi connectivity index (χ3v) is 10.7. The molecule has 0 spiro atoms. The molecule has 0 saturated carbocycles. The number of hydrogen-bond acceptors (Lipinski definition) is 7. The Morgan fingerprint density at radius 1 is 0.977 bits per heavy atom. The van der Waals surface area contributed by atoms with Gasteiger partial charge in [-0.3, -0.25) is 23.7 Å². The Morgan fingerprint density at radius 3 is 2.39 bits per heavy atom. The summed E-state index contributed by atoms with van der Waals surface area (Å²) in [5.74, 6) is -4.19. The van der Waals surface area contributed by atoms with Crippen molar-refractivity contribution in [2.24, 2.45) is 5.92 Å². The van der Waals surface area contributed by atoms with Crippen LogP contribution in [0.4, 0.5) is 24.5 Å². The lowest BCUT2D eigenvalue weighted by atomic mass is 9.83. The van der Waals surface area contributed by atoms with E-state index in [0.29, 0.717) is 16.1 Å². The molecule has 6 rings (SSSR count). The van der Waals surface area contributed by atoms with Gasteiger partial charge in [-0.1, -0.05) is 64.5 Å². The van der Waals surface area contributed by atoms with Crippen molar-refractivity contribution < 1.29 is 32.7 Å². The summed E-state index contributed by atoms with van der Waals surface area (Å²) >= 11 is 14.6. The van der Waals surface area contributed by atoms with Crippen LogP contribution in [0.5, 0.6) is 5.75 Å². The van der Waals surface area contributed by atoms with Crippen molar-refractivity contribution in [3.05, 3.63) is 102 Å². The molecule has 2 N–H and O–H groups in total. The van der Waals surface area contributed by atoms with Gasteiger partial charge >= 0.3 is 11.0 Å². The molecule has 0 bridgehead atoms. The van der Waals surface area contributed by atoms with Gasteiger partial charge < -0.3 is 10.4 Å². The number of aromatic nitrogens is 1. The summed E-state index contributed by atoms with van der Waals surface area (Å²) < 4.78 is 41.7. The summed E-state index contributed by atoms with van der Waals surface area (Å²) in [7, 11) is 0. The van der Waals surface area contributed by atoms with Gasteiger partial charge in [-0.05, 0) is 54.1 Å². The first-order valence-electron chi connectivity index (χ1n) is 12.8. The first kappa shape index (κ1) is 30.3. The molecule has 3 amide bonds. The number of phenols is 1. The lowest BCUT2D eigenvalue weighted by Crippen LogP contribution is -2.33. The SMILES string of the molecule is O=C(Cn1c2c(sc1=O)[C@@H](c1cccc(Cl)c1Cl)[C@@H]1C(=O)N(c3cccc(C(F)(F)F)c3)C(=O)[C@@H]1S2)Nc1ccc(O)cc1. The number of carbonyl (C=O) groups excluding carboxylic acids is 3. The number of alkyl halides is 3. The van der Waals surface area contributed by atoms with E-state index in [4.69, 9.17) is 23.2 Å². The molecule has 0 unspecified atom stereocenters. The van der Waals surface area contributed by atoms with Gasteiger partial charge in [-0.15, -0.1) is 0 Å². The van der Waals surface area contributed by atoms with Crippen LogP contribution in [0.15, 0.2) is 76.6 Å². The fourth-order valence-electron chi connectivity index (χ4n) is 5.32.